The number of Topliss-reactive ketones (excluding diaryl/α,β-unsaturated/α-hetero) is 1. The summed E-state index contributed by atoms with van der Waals surface area (Å²) < 4.78 is 11.0. The van der Waals surface area contributed by atoms with Gasteiger partial charge in [-0.2, -0.15) is 0 Å². The first-order valence-corrected chi connectivity index (χ1v) is 10.5. The molecule has 1 N–H and O–H groups in total. The second-order valence-electron chi connectivity index (χ2n) is 9.56. The van der Waals surface area contributed by atoms with Crippen LogP contribution in [0.15, 0.2) is 16.7 Å². The smallest absolute Gasteiger partial charge is 0.339 e. The number of esters is 1. The Morgan fingerprint density at radius 3 is 2.90 bits per heavy atom. The summed E-state index contributed by atoms with van der Waals surface area (Å²) in [6.07, 6.45) is 3.62. The van der Waals surface area contributed by atoms with Crippen molar-refractivity contribution in [2.45, 2.75) is 44.2 Å². The van der Waals surface area contributed by atoms with Crippen molar-refractivity contribution < 1.29 is 23.8 Å². The summed E-state index contributed by atoms with van der Waals surface area (Å²) in [4.78, 5) is 29.0. The number of rotatable bonds is 1. The van der Waals surface area contributed by atoms with Gasteiger partial charge in [0.15, 0.2) is 5.78 Å². The molecular formula is C23H25NO5. The number of carbonyl (C=O) groups excluding carboxylic acids is 2. The highest BCUT2D eigenvalue weighted by Gasteiger charge is 2.69. The Morgan fingerprint density at radius 2 is 2.14 bits per heavy atom. The minimum absolute atomic E-state index is 0.0283. The molecule has 0 aromatic heterocycles. The Balaban J connectivity index is 1.81. The number of methoxy groups -OCH3 is 1. The lowest BCUT2D eigenvalue weighted by Gasteiger charge is -2.50. The lowest BCUT2D eigenvalue weighted by atomic mass is 9.65. The van der Waals surface area contributed by atoms with Crippen molar-refractivity contribution in [3.05, 3.63) is 34.8 Å². The van der Waals surface area contributed by atoms with E-state index in [1.807, 2.05) is 0 Å². The van der Waals surface area contributed by atoms with Crippen LogP contribution < -0.4 is 0 Å². The van der Waals surface area contributed by atoms with Crippen LogP contribution in [0.5, 0.6) is 0 Å². The predicted molar refractivity (Wildman–Crippen MR) is 104 cm³/mol. The first-order chi connectivity index (χ1) is 13.8. The van der Waals surface area contributed by atoms with Crippen LogP contribution in [0.3, 0.4) is 0 Å². The summed E-state index contributed by atoms with van der Waals surface area (Å²) in [5, 5.41) is 12.1. The molecule has 0 unspecified atom stereocenters. The third kappa shape index (κ3) is 1.78. The Hall–Kier alpha value is -2.18. The number of carbonyl (C=O) groups is 2. The van der Waals surface area contributed by atoms with E-state index in [4.69, 9.17) is 9.15 Å². The average molecular weight is 395 g/mol. The molecule has 0 radical (unpaired) electrons. The molecule has 3 aliphatic carbocycles. The molecule has 6 nitrogen and oxygen atoms in total. The van der Waals surface area contributed by atoms with Gasteiger partial charge in [0.1, 0.15) is 11.5 Å². The van der Waals surface area contributed by atoms with Crippen molar-refractivity contribution in [2.24, 2.45) is 17.8 Å². The van der Waals surface area contributed by atoms with Crippen molar-refractivity contribution in [3.63, 3.8) is 0 Å². The molecule has 5 atom stereocenters. The molecular weight excluding hydrogens is 370 g/mol. The van der Waals surface area contributed by atoms with Crippen molar-refractivity contribution in [1.29, 1.82) is 0 Å². The SMILES string of the molecule is COC(=O)c1c2ccoc3c-2c2c1C(=O)[C@@H]1C[C@@]4(O)N(C[C@@H](CC3)[C@@]24C)C[C@H]1C. The van der Waals surface area contributed by atoms with Gasteiger partial charge >= 0.3 is 5.97 Å². The van der Waals surface area contributed by atoms with Gasteiger partial charge in [-0.05, 0) is 29.9 Å². The number of ketones is 1. The van der Waals surface area contributed by atoms with Gasteiger partial charge in [0, 0.05) is 54.0 Å². The zero-order valence-corrected chi connectivity index (χ0v) is 16.9. The number of aryl methyl sites for hydroxylation is 1. The molecule has 3 heterocycles. The summed E-state index contributed by atoms with van der Waals surface area (Å²) in [7, 11) is 1.35. The summed E-state index contributed by atoms with van der Waals surface area (Å²) in [5.74, 6) is 0.271. The third-order valence-electron chi connectivity index (χ3n) is 8.54. The quantitative estimate of drug-likeness (QED) is 0.748. The molecule has 2 saturated heterocycles. The fourth-order valence-corrected chi connectivity index (χ4v) is 7.04. The van der Waals surface area contributed by atoms with Crippen LogP contribution in [0.2, 0.25) is 0 Å². The Morgan fingerprint density at radius 1 is 1.34 bits per heavy atom. The van der Waals surface area contributed by atoms with E-state index in [0.29, 0.717) is 29.7 Å². The molecule has 0 aromatic carbocycles. The second-order valence-corrected chi connectivity index (χ2v) is 9.56. The summed E-state index contributed by atoms with van der Waals surface area (Å²) in [6, 6.07) is 1.77. The molecule has 0 saturated carbocycles. The highest BCUT2D eigenvalue weighted by atomic mass is 16.5. The standard InChI is InChI=1S/C23H25NO5/c1-11-9-24-10-12-4-5-15-16-13(6-7-29-15)17(21(26)28-3)18-19(16)22(12,2)23(24,27)8-14(11)20(18)25/h6-7,11-12,14,27H,4-5,8-10H2,1-3H3/t11-,12-,14-,22+,23+/m1/s1. The lowest BCUT2D eigenvalue weighted by Crippen LogP contribution is -2.60. The minimum Gasteiger partial charge on any atom is -0.469 e. The monoisotopic (exact) mass is 395 g/mol. The maximum atomic E-state index is 13.9. The zero-order chi connectivity index (χ0) is 20.3. The second kappa shape index (κ2) is 5.29. The maximum absolute atomic E-state index is 13.9. The summed E-state index contributed by atoms with van der Waals surface area (Å²) in [6.45, 7) is 5.68. The van der Waals surface area contributed by atoms with Gasteiger partial charge in [0.2, 0.25) is 0 Å². The molecule has 152 valence electrons. The normalized spacial score (nSPS) is 37.7. The molecule has 0 amide bonds. The number of fused-ring (bicyclic) bond motifs is 1. The molecule has 29 heavy (non-hydrogen) atoms. The number of hydrogen-bond acceptors (Lipinski definition) is 6. The van der Waals surface area contributed by atoms with Gasteiger partial charge in [-0.15, -0.1) is 0 Å². The van der Waals surface area contributed by atoms with Gasteiger partial charge in [-0.25, -0.2) is 4.79 Å². The highest BCUT2D eigenvalue weighted by molar-refractivity contribution is 6.16. The predicted octanol–water partition coefficient (Wildman–Crippen LogP) is 2.85. The fraction of sp³-hybridized carbons (Fsp3) is 0.565. The van der Waals surface area contributed by atoms with E-state index in [9.17, 15) is 14.7 Å². The van der Waals surface area contributed by atoms with E-state index in [1.54, 1.807) is 12.3 Å². The molecule has 0 aromatic rings. The minimum atomic E-state index is -1.10. The van der Waals surface area contributed by atoms with Crippen molar-refractivity contribution in [3.8, 4) is 11.1 Å². The van der Waals surface area contributed by atoms with Crippen LogP contribution >= 0.6 is 0 Å². The van der Waals surface area contributed by atoms with Gasteiger partial charge in [-0.3, -0.25) is 9.69 Å². The average Bonchev–Trinajstić information content (AvgIpc) is 3.09. The van der Waals surface area contributed by atoms with Crippen LogP contribution in [0, 0.1) is 17.8 Å². The van der Waals surface area contributed by atoms with Crippen LogP contribution in [-0.4, -0.2) is 47.7 Å². The van der Waals surface area contributed by atoms with Crippen LogP contribution in [0.25, 0.3) is 11.1 Å². The first kappa shape index (κ1) is 17.7. The Kier molecular flexibility index (Phi) is 3.22. The van der Waals surface area contributed by atoms with Crippen LogP contribution in [0.4, 0.5) is 0 Å². The molecule has 6 rings (SSSR count). The van der Waals surface area contributed by atoms with Gasteiger partial charge in [0.05, 0.1) is 18.9 Å². The number of piperidine rings is 1. The van der Waals surface area contributed by atoms with E-state index < -0.39 is 17.1 Å². The molecule has 6 heteroatoms. The van der Waals surface area contributed by atoms with E-state index in [0.717, 1.165) is 36.3 Å². The maximum Gasteiger partial charge on any atom is 0.339 e. The fourth-order valence-electron chi connectivity index (χ4n) is 7.04. The lowest BCUT2D eigenvalue weighted by molar-refractivity contribution is -0.161. The Bertz CT molecular complexity index is 1060. The molecule has 2 bridgehead atoms. The highest BCUT2D eigenvalue weighted by Crippen LogP contribution is 2.64. The van der Waals surface area contributed by atoms with E-state index in [2.05, 4.69) is 18.7 Å². The zero-order valence-electron chi connectivity index (χ0n) is 16.9. The largest absolute Gasteiger partial charge is 0.469 e. The molecule has 2 fully saturated rings. The van der Waals surface area contributed by atoms with Crippen LogP contribution in [0.1, 0.15) is 58.7 Å². The first-order valence-electron chi connectivity index (χ1n) is 10.5. The number of ether oxygens (including phenoxy) is 1. The molecule has 3 aliphatic heterocycles. The van der Waals surface area contributed by atoms with Gasteiger partial charge in [0.25, 0.3) is 0 Å². The topological polar surface area (TPSA) is 80.0 Å². The summed E-state index contributed by atoms with van der Waals surface area (Å²) in [5.41, 5.74) is 1.47. The molecule has 0 spiro atoms. The van der Waals surface area contributed by atoms with Gasteiger partial charge < -0.3 is 14.3 Å². The number of aliphatic hydroxyl groups is 1. The number of nitrogens with zero attached hydrogens (tertiary/aromatic N) is 1. The van der Waals surface area contributed by atoms with E-state index >= 15 is 0 Å². The molecule has 6 aliphatic rings. The van der Waals surface area contributed by atoms with E-state index in [1.165, 1.54) is 7.11 Å². The van der Waals surface area contributed by atoms with Crippen molar-refractivity contribution >= 4 is 11.8 Å². The number of hydrogen-bond donors (Lipinski definition) is 1. The van der Waals surface area contributed by atoms with Gasteiger partial charge in [-0.1, -0.05) is 13.8 Å². The van der Waals surface area contributed by atoms with Crippen molar-refractivity contribution in [2.75, 3.05) is 20.2 Å². The summed E-state index contributed by atoms with van der Waals surface area (Å²) >= 11 is 0. The Labute approximate surface area is 169 Å². The van der Waals surface area contributed by atoms with Crippen LogP contribution in [-0.2, 0) is 16.6 Å². The third-order valence-corrected chi connectivity index (χ3v) is 8.54. The van der Waals surface area contributed by atoms with E-state index in [-0.39, 0.29) is 23.5 Å². The van der Waals surface area contributed by atoms with Crippen molar-refractivity contribution in [1.82, 2.24) is 4.90 Å².